The number of carbonyl (C=O) groups is 1. The van der Waals surface area contributed by atoms with E-state index in [0.717, 1.165) is 10.8 Å². The summed E-state index contributed by atoms with van der Waals surface area (Å²) in [4.78, 5) is 10.5. The Labute approximate surface area is 85.0 Å². The van der Waals surface area contributed by atoms with Crippen LogP contribution in [0.15, 0.2) is 22.7 Å². The van der Waals surface area contributed by atoms with Crippen molar-refractivity contribution >= 4 is 22.2 Å². The van der Waals surface area contributed by atoms with Crippen LogP contribution in [0.2, 0.25) is 0 Å². The van der Waals surface area contributed by atoms with Gasteiger partial charge in [0.1, 0.15) is 18.6 Å². The summed E-state index contributed by atoms with van der Waals surface area (Å²) >= 11 is 3.26. The van der Waals surface area contributed by atoms with Gasteiger partial charge in [-0.2, -0.15) is 0 Å². The lowest BCUT2D eigenvalue weighted by molar-refractivity contribution is 0.112. The van der Waals surface area contributed by atoms with Gasteiger partial charge in [-0.1, -0.05) is 21.9 Å². The van der Waals surface area contributed by atoms with Crippen LogP contribution in [-0.4, -0.2) is 12.9 Å². The zero-order valence-corrected chi connectivity index (χ0v) is 8.37. The minimum atomic E-state index is 0.203. The van der Waals surface area contributed by atoms with Gasteiger partial charge in [0.05, 0.1) is 0 Å². The Morgan fingerprint density at radius 2 is 2.31 bits per heavy atom. The van der Waals surface area contributed by atoms with Gasteiger partial charge in [-0.15, -0.1) is 6.42 Å². The van der Waals surface area contributed by atoms with Crippen LogP contribution in [0.1, 0.15) is 10.4 Å². The first-order valence-electron chi connectivity index (χ1n) is 3.58. The number of rotatable bonds is 3. The van der Waals surface area contributed by atoms with Crippen LogP contribution in [-0.2, 0) is 0 Å². The van der Waals surface area contributed by atoms with Gasteiger partial charge in [0.2, 0.25) is 0 Å². The summed E-state index contributed by atoms with van der Waals surface area (Å²) < 4.78 is 5.95. The molecule has 0 bridgehead atoms. The molecule has 0 aromatic heterocycles. The molecule has 0 amide bonds. The number of hydrogen-bond donors (Lipinski definition) is 0. The van der Waals surface area contributed by atoms with Crippen molar-refractivity contribution in [2.24, 2.45) is 0 Å². The van der Waals surface area contributed by atoms with E-state index in [1.54, 1.807) is 18.2 Å². The van der Waals surface area contributed by atoms with Crippen LogP contribution in [0.3, 0.4) is 0 Å². The molecular weight excluding hydrogens is 232 g/mol. The fourth-order valence-corrected chi connectivity index (χ4v) is 1.35. The third-order valence-corrected chi connectivity index (χ3v) is 1.81. The van der Waals surface area contributed by atoms with Gasteiger partial charge in [0.15, 0.2) is 0 Å². The maximum Gasteiger partial charge on any atom is 0.150 e. The number of hydrogen-bond acceptors (Lipinski definition) is 2. The second-order valence-corrected chi connectivity index (χ2v) is 3.25. The number of carbonyl (C=O) groups excluding carboxylic acids is 1. The molecule has 0 atom stereocenters. The van der Waals surface area contributed by atoms with Crippen LogP contribution in [0.25, 0.3) is 0 Å². The van der Waals surface area contributed by atoms with Crippen LogP contribution in [0, 0.1) is 12.3 Å². The lowest BCUT2D eigenvalue weighted by Gasteiger charge is -2.03. The van der Waals surface area contributed by atoms with Crippen molar-refractivity contribution in [1.82, 2.24) is 0 Å². The second kappa shape index (κ2) is 4.68. The maximum absolute atomic E-state index is 10.5. The van der Waals surface area contributed by atoms with Crippen molar-refractivity contribution in [2.45, 2.75) is 0 Å². The standard InChI is InChI=1S/C10H7BrO2/c1-2-3-13-10-5-8(7-12)4-9(11)6-10/h1,4-7H,3H2. The number of terminal acetylenes is 1. The van der Waals surface area contributed by atoms with E-state index in [1.807, 2.05) is 0 Å². The molecule has 0 fully saturated rings. The van der Waals surface area contributed by atoms with E-state index in [2.05, 4.69) is 21.9 Å². The summed E-state index contributed by atoms with van der Waals surface area (Å²) in [5.41, 5.74) is 0.557. The summed E-state index contributed by atoms with van der Waals surface area (Å²) in [6.45, 7) is 0.203. The number of aldehydes is 1. The molecule has 1 aromatic rings. The van der Waals surface area contributed by atoms with E-state index < -0.39 is 0 Å². The Bertz CT molecular complexity index is 352. The zero-order chi connectivity index (χ0) is 9.68. The van der Waals surface area contributed by atoms with Crippen molar-refractivity contribution in [1.29, 1.82) is 0 Å². The fourth-order valence-electron chi connectivity index (χ4n) is 0.861. The monoisotopic (exact) mass is 238 g/mol. The minimum Gasteiger partial charge on any atom is -0.481 e. The summed E-state index contributed by atoms with van der Waals surface area (Å²) in [6.07, 6.45) is 5.79. The molecule has 0 aliphatic heterocycles. The average Bonchev–Trinajstić information content (AvgIpc) is 2.14. The lowest BCUT2D eigenvalue weighted by atomic mass is 10.2. The Morgan fingerprint density at radius 3 is 2.92 bits per heavy atom. The molecule has 66 valence electrons. The van der Waals surface area contributed by atoms with E-state index in [4.69, 9.17) is 11.2 Å². The second-order valence-electron chi connectivity index (χ2n) is 2.33. The molecule has 3 heteroatoms. The number of ether oxygens (including phenoxy) is 1. The van der Waals surface area contributed by atoms with E-state index in [0.29, 0.717) is 11.3 Å². The van der Waals surface area contributed by atoms with Crippen molar-refractivity contribution in [3.05, 3.63) is 28.2 Å². The highest BCUT2D eigenvalue weighted by molar-refractivity contribution is 9.10. The molecule has 0 spiro atoms. The normalized spacial score (nSPS) is 8.92. The Morgan fingerprint density at radius 1 is 1.54 bits per heavy atom. The average molecular weight is 239 g/mol. The molecule has 0 unspecified atom stereocenters. The van der Waals surface area contributed by atoms with Crippen molar-refractivity contribution in [3.8, 4) is 18.1 Å². The quantitative estimate of drug-likeness (QED) is 0.597. The lowest BCUT2D eigenvalue weighted by Crippen LogP contribution is -1.94. The molecule has 0 aliphatic rings. The van der Waals surface area contributed by atoms with Gasteiger partial charge < -0.3 is 4.74 Å². The van der Waals surface area contributed by atoms with E-state index >= 15 is 0 Å². The molecule has 0 radical (unpaired) electrons. The van der Waals surface area contributed by atoms with Gasteiger partial charge in [-0.05, 0) is 18.2 Å². The van der Waals surface area contributed by atoms with Gasteiger partial charge in [-0.25, -0.2) is 0 Å². The Kier molecular flexibility index (Phi) is 3.53. The molecule has 1 rings (SSSR count). The third kappa shape index (κ3) is 2.92. The first-order valence-corrected chi connectivity index (χ1v) is 4.37. The highest BCUT2D eigenvalue weighted by Gasteiger charge is 1.98. The minimum absolute atomic E-state index is 0.203. The summed E-state index contributed by atoms with van der Waals surface area (Å²) in [5.74, 6) is 2.94. The fraction of sp³-hybridized carbons (Fsp3) is 0.100. The molecule has 0 saturated carbocycles. The Balaban J connectivity index is 2.89. The molecule has 0 aliphatic carbocycles. The van der Waals surface area contributed by atoms with Crippen molar-refractivity contribution in [2.75, 3.05) is 6.61 Å². The largest absolute Gasteiger partial charge is 0.481 e. The van der Waals surface area contributed by atoms with Gasteiger partial charge in [-0.3, -0.25) is 4.79 Å². The zero-order valence-electron chi connectivity index (χ0n) is 6.79. The van der Waals surface area contributed by atoms with Gasteiger partial charge >= 0.3 is 0 Å². The molecule has 1 aromatic carbocycles. The van der Waals surface area contributed by atoms with E-state index in [-0.39, 0.29) is 6.61 Å². The molecule has 0 N–H and O–H groups in total. The first kappa shape index (κ1) is 9.82. The van der Waals surface area contributed by atoms with Crippen LogP contribution >= 0.6 is 15.9 Å². The van der Waals surface area contributed by atoms with E-state index in [9.17, 15) is 4.79 Å². The summed E-state index contributed by atoms with van der Waals surface area (Å²) in [5, 5.41) is 0. The van der Waals surface area contributed by atoms with E-state index in [1.165, 1.54) is 0 Å². The molecule has 2 nitrogen and oxygen atoms in total. The number of benzene rings is 1. The van der Waals surface area contributed by atoms with Gasteiger partial charge in [0, 0.05) is 10.0 Å². The first-order chi connectivity index (χ1) is 6.26. The molecular formula is C10H7BrO2. The summed E-state index contributed by atoms with van der Waals surface area (Å²) in [7, 11) is 0. The Hall–Kier alpha value is -1.27. The van der Waals surface area contributed by atoms with Crippen LogP contribution in [0.5, 0.6) is 5.75 Å². The molecule has 13 heavy (non-hydrogen) atoms. The highest BCUT2D eigenvalue weighted by atomic mass is 79.9. The molecule has 0 heterocycles. The highest BCUT2D eigenvalue weighted by Crippen LogP contribution is 2.20. The summed E-state index contributed by atoms with van der Waals surface area (Å²) in [6, 6.07) is 5.09. The van der Waals surface area contributed by atoms with Crippen LogP contribution in [0.4, 0.5) is 0 Å². The SMILES string of the molecule is C#CCOc1cc(Br)cc(C=O)c1. The topological polar surface area (TPSA) is 26.3 Å². The van der Waals surface area contributed by atoms with Crippen molar-refractivity contribution < 1.29 is 9.53 Å². The van der Waals surface area contributed by atoms with Crippen molar-refractivity contribution in [3.63, 3.8) is 0 Å². The van der Waals surface area contributed by atoms with Crippen LogP contribution < -0.4 is 4.74 Å². The smallest absolute Gasteiger partial charge is 0.150 e. The predicted molar refractivity (Wildman–Crippen MR) is 53.9 cm³/mol. The van der Waals surface area contributed by atoms with Gasteiger partial charge in [0.25, 0.3) is 0 Å². The number of halogens is 1. The molecule has 0 saturated heterocycles. The third-order valence-electron chi connectivity index (χ3n) is 1.35. The predicted octanol–water partition coefficient (Wildman–Crippen LogP) is 2.27. The maximum atomic E-state index is 10.5.